The van der Waals surface area contributed by atoms with Crippen molar-refractivity contribution in [3.05, 3.63) is 59.2 Å². The van der Waals surface area contributed by atoms with Gasteiger partial charge in [-0.2, -0.15) is 15.4 Å². The maximum atomic E-state index is 13.6. The highest BCUT2D eigenvalue weighted by Crippen LogP contribution is 2.34. The number of carbonyl (C=O) groups excluding carboxylic acids is 1. The second-order valence-electron chi connectivity index (χ2n) is 6.06. The van der Waals surface area contributed by atoms with Crippen molar-refractivity contribution in [1.82, 2.24) is 20.3 Å². The van der Waals surface area contributed by atoms with E-state index in [4.69, 9.17) is 0 Å². The predicted octanol–water partition coefficient (Wildman–Crippen LogP) is 2.18. The highest BCUT2D eigenvalue weighted by Gasteiger charge is 2.36. The Labute approximate surface area is 141 Å². The first kappa shape index (κ1) is 15.6. The summed E-state index contributed by atoms with van der Waals surface area (Å²) in [5, 5.41) is 20.4. The molecule has 0 radical (unpaired) electrons. The van der Waals surface area contributed by atoms with Gasteiger partial charge in [0.05, 0.1) is 12.1 Å². The zero-order valence-corrected chi connectivity index (χ0v) is 13.0. The lowest BCUT2D eigenvalue weighted by molar-refractivity contribution is 0.0715. The summed E-state index contributed by atoms with van der Waals surface area (Å²) in [7, 11) is 0. The van der Waals surface area contributed by atoms with Crippen LogP contribution < -0.4 is 0 Å². The summed E-state index contributed by atoms with van der Waals surface area (Å²) in [5.41, 5.74) is 2.03. The van der Waals surface area contributed by atoms with Crippen LogP contribution in [-0.2, 0) is 0 Å². The molecule has 0 bridgehead atoms. The third kappa shape index (κ3) is 2.74. The minimum Gasteiger partial charge on any atom is -0.391 e. The molecule has 1 fully saturated rings. The van der Waals surface area contributed by atoms with Crippen molar-refractivity contribution in [1.29, 1.82) is 0 Å². The lowest BCUT2D eigenvalue weighted by Gasteiger charge is -2.25. The van der Waals surface area contributed by atoms with Gasteiger partial charge in [0.1, 0.15) is 11.0 Å². The molecule has 4 rings (SSSR count). The molecule has 1 aromatic heterocycles. The summed E-state index contributed by atoms with van der Waals surface area (Å²) in [5.74, 6) is -2.23. The van der Waals surface area contributed by atoms with Gasteiger partial charge < -0.3 is 10.0 Å². The Kier molecular flexibility index (Phi) is 3.69. The molecule has 2 heterocycles. The molecule has 2 N–H and O–H groups in total. The van der Waals surface area contributed by atoms with E-state index in [0.29, 0.717) is 22.2 Å². The number of carbonyl (C=O) groups is 1. The minimum absolute atomic E-state index is 0.124. The largest absolute Gasteiger partial charge is 0.391 e. The van der Waals surface area contributed by atoms with Crippen LogP contribution in [0.2, 0.25) is 0 Å². The van der Waals surface area contributed by atoms with Crippen molar-refractivity contribution < 1.29 is 18.7 Å². The van der Waals surface area contributed by atoms with Crippen LogP contribution in [0.3, 0.4) is 0 Å². The van der Waals surface area contributed by atoms with Crippen LogP contribution in [0.5, 0.6) is 0 Å². The quantitative estimate of drug-likeness (QED) is 0.747. The van der Waals surface area contributed by atoms with Crippen molar-refractivity contribution in [2.45, 2.75) is 18.6 Å². The van der Waals surface area contributed by atoms with Crippen molar-refractivity contribution in [2.24, 2.45) is 0 Å². The number of H-pyrrole nitrogens is 1. The number of amides is 1. The number of aromatic nitrogens is 3. The minimum atomic E-state index is -0.977. The van der Waals surface area contributed by atoms with Crippen LogP contribution in [-0.4, -0.2) is 44.0 Å². The second-order valence-corrected chi connectivity index (χ2v) is 6.06. The predicted molar refractivity (Wildman–Crippen MR) is 84.6 cm³/mol. The van der Waals surface area contributed by atoms with Crippen molar-refractivity contribution in [2.75, 3.05) is 6.54 Å². The van der Waals surface area contributed by atoms with E-state index in [0.717, 1.165) is 12.1 Å². The highest BCUT2D eigenvalue weighted by atomic mass is 19.2. The molecule has 6 nitrogen and oxygen atoms in total. The average Bonchev–Trinajstić information content (AvgIpc) is 3.22. The molecule has 25 heavy (non-hydrogen) atoms. The normalized spacial score (nSPS) is 20.4. The summed E-state index contributed by atoms with van der Waals surface area (Å²) < 4.78 is 26.7. The number of benzene rings is 2. The van der Waals surface area contributed by atoms with E-state index >= 15 is 0 Å². The Morgan fingerprint density at radius 1 is 1.12 bits per heavy atom. The molecule has 0 saturated carbocycles. The highest BCUT2D eigenvalue weighted by molar-refractivity contribution is 5.97. The number of hydrogen-bond acceptors (Lipinski definition) is 4. The molecule has 1 aliphatic rings. The summed E-state index contributed by atoms with van der Waals surface area (Å²) in [6.07, 6.45) is -0.457. The number of halogens is 2. The molecule has 3 aromatic rings. The Balaban J connectivity index is 1.68. The molecule has 2 atom stereocenters. The van der Waals surface area contributed by atoms with Gasteiger partial charge in [-0.05, 0) is 42.3 Å². The number of nitrogens with zero attached hydrogens (tertiary/aromatic N) is 3. The molecule has 8 heteroatoms. The first-order valence-electron chi connectivity index (χ1n) is 7.77. The summed E-state index contributed by atoms with van der Waals surface area (Å²) in [6.45, 7) is 0.124. The number of aromatic amines is 1. The van der Waals surface area contributed by atoms with Crippen LogP contribution in [0.15, 0.2) is 36.4 Å². The maximum absolute atomic E-state index is 13.6. The van der Waals surface area contributed by atoms with Gasteiger partial charge in [0.2, 0.25) is 0 Å². The standard InChI is InChI=1S/C17H14F2N4O2/c18-12-3-1-9(5-13(12)19)16-7-11(24)8-23(16)17(25)10-2-4-14-15(6-10)21-22-20-14/h1-6,11,16,24H,7-8H2,(H,20,21,22). The van der Waals surface area contributed by atoms with Gasteiger partial charge in [-0.25, -0.2) is 8.78 Å². The fraction of sp³-hybridized carbons (Fsp3) is 0.235. The number of aliphatic hydroxyl groups excluding tert-OH is 1. The van der Waals surface area contributed by atoms with Gasteiger partial charge in [-0.15, -0.1) is 0 Å². The smallest absolute Gasteiger partial charge is 0.254 e. The van der Waals surface area contributed by atoms with Gasteiger partial charge in [-0.3, -0.25) is 4.79 Å². The summed E-state index contributed by atoms with van der Waals surface area (Å²) in [6, 6.07) is 7.91. The molecule has 1 saturated heterocycles. The maximum Gasteiger partial charge on any atom is 0.254 e. The number of hydrogen-bond donors (Lipinski definition) is 2. The number of fused-ring (bicyclic) bond motifs is 1. The Morgan fingerprint density at radius 2 is 1.92 bits per heavy atom. The molecular weight excluding hydrogens is 330 g/mol. The lowest BCUT2D eigenvalue weighted by Crippen LogP contribution is -2.31. The lowest BCUT2D eigenvalue weighted by atomic mass is 10.0. The number of rotatable bonds is 2. The van der Waals surface area contributed by atoms with Crippen LogP contribution >= 0.6 is 0 Å². The molecule has 2 aromatic carbocycles. The Hall–Kier alpha value is -2.87. The molecule has 1 aliphatic heterocycles. The second kappa shape index (κ2) is 5.89. The van der Waals surface area contributed by atoms with Crippen LogP contribution in [0.25, 0.3) is 11.0 Å². The van der Waals surface area contributed by atoms with Gasteiger partial charge in [0, 0.05) is 12.1 Å². The SMILES string of the molecule is O=C(c1ccc2n[nH]nc2c1)N1CC(O)CC1c1ccc(F)c(F)c1. The summed E-state index contributed by atoms with van der Waals surface area (Å²) >= 11 is 0. The van der Waals surface area contributed by atoms with Crippen molar-refractivity contribution >= 4 is 16.9 Å². The number of aliphatic hydroxyl groups is 1. The first-order valence-corrected chi connectivity index (χ1v) is 7.77. The van der Waals surface area contributed by atoms with E-state index in [9.17, 15) is 18.7 Å². The number of likely N-dealkylation sites (tertiary alicyclic amines) is 1. The fourth-order valence-corrected chi connectivity index (χ4v) is 3.21. The van der Waals surface area contributed by atoms with E-state index in [-0.39, 0.29) is 18.9 Å². The molecular formula is C17H14F2N4O2. The molecule has 2 unspecified atom stereocenters. The van der Waals surface area contributed by atoms with E-state index in [2.05, 4.69) is 15.4 Å². The Bertz CT molecular complexity index is 959. The van der Waals surface area contributed by atoms with Gasteiger partial charge in [0.15, 0.2) is 11.6 Å². The van der Waals surface area contributed by atoms with Crippen LogP contribution in [0, 0.1) is 11.6 Å². The molecule has 0 aliphatic carbocycles. The number of β-amino-alcohol motifs (C(OH)–C–C–N with tert-alkyl or cyclic N) is 1. The topological polar surface area (TPSA) is 82.1 Å². The summed E-state index contributed by atoms with van der Waals surface area (Å²) in [4.78, 5) is 14.4. The van der Waals surface area contributed by atoms with E-state index < -0.39 is 23.8 Å². The van der Waals surface area contributed by atoms with Crippen molar-refractivity contribution in [3.63, 3.8) is 0 Å². The zero-order chi connectivity index (χ0) is 17.6. The van der Waals surface area contributed by atoms with Crippen LogP contribution in [0.1, 0.15) is 28.4 Å². The van der Waals surface area contributed by atoms with Gasteiger partial charge >= 0.3 is 0 Å². The Morgan fingerprint density at radius 3 is 2.72 bits per heavy atom. The van der Waals surface area contributed by atoms with Crippen LogP contribution in [0.4, 0.5) is 8.78 Å². The molecule has 1 amide bonds. The van der Waals surface area contributed by atoms with Gasteiger partial charge in [-0.1, -0.05) is 6.07 Å². The average molecular weight is 344 g/mol. The molecule has 128 valence electrons. The van der Waals surface area contributed by atoms with E-state index in [1.54, 1.807) is 18.2 Å². The van der Waals surface area contributed by atoms with Crippen molar-refractivity contribution in [3.8, 4) is 0 Å². The molecule has 0 spiro atoms. The van der Waals surface area contributed by atoms with E-state index in [1.807, 2.05) is 0 Å². The zero-order valence-electron chi connectivity index (χ0n) is 13.0. The first-order chi connectivity index (χ1) is 12.0. The fourth-order valence-electron chi connectivity index (χ4n) is 3.21. The van der Waals surface area contributed by atoms with Gasteiger partial charge in [0.25, 0.3) is 5.91 Å². The monoisotopic (exact) mass is 344 g/mol. The number of nitrogens with one attached hydrogen (secondary N) is 1. The van der Waals surface area contributed by atoms with E-state index in [1.165, 1.54) is 11.0 Å². The third-order valence-corrected chi connectivity index (χ3v) is 4.43. The third-order valence-electron chi connectivity index (χ3n) is 4.43.